The lowest BCUT2D eigenvalue weighted by atomic mass is 10.1. The van der Waals surface area contributed by atoms with Gasteiger partial charge in [0.1, 0.15) is 23.3 Å². The number of hydrogen-bond donors (Lipinski definition) is 0. The first-order valence-electron chi connectivity index (χ1n) is 8.81. The molecule has 0 aromatic carbocycles. The fourth-order valence-corrected chi connectivity index (χ4v) is 3.41. The third kappa shape index (κ3) is 3.12. The molecule has 0 aliphatic carbocycles. The molecule has 26 heavy (non-hydrogen) atoms. The minimum absolute atomic E-state index is 0.00614. The number of aromatic nitrogens is 4. The van der Waals surface area contributed by atoms with Gasteiger partial charge in [-0.3, -0.25) is 9.20 Å². The Labute approximate surface area is 151 Å². The predicted molar refractivity (Wildman–Crippen MR) is 96.3 cm³/mol. The molecule has 1 fully saturated rings. The van der Waals surface area contributed by atoms with Gasteiger partial charge in [-0.05, 0) is 38.8 Å². The lowest BCUT2D eigenvalue weighted by molar-refractivity contribution is 0.0520. The summed E-state index contributed by atoms with van der Waals surface area (Å²) in [4.78, 5) is 27.9. The van der Waals surface area contributed by atoms with E-state index in [-0.39, 0.29) is 12.0 Å². The Hall–Kier alpha value is -2.96. The molecular weight excluding hydrogens is 330 g/mol. The van der Waals surface area contributed by atoms with Gasteiger partial charge in [0.05, 0.1) is 12.2 Å². The fraction of sp³-hybridized carbons (Fsp3) is 0.368. The zero-order valence-corrected chi connectivity index (χ0v) is 14.9. The van der Waals surface area contributed by atoms with Crippen LogP contribution < -0.4 is 4.74 Å². The first-order chi connectivity index (χ1) is 12.6. The maximum absolute atomic E-state index is 13.1. The van der Waals surface area contributed by atoms with E-state index in [0.717, 1.165) is 30.7 Å². The third-order valence-corrected chi connectivity index (χ3v) is 4.61. The summed E-state index contributed by atoms with van der Waals surface area (Å²) in [6, 6.07) is 7.49. The summed E-state index contributed by atoms with van der Waals surface area (Å²) in [7, 11) is 0. The van der Waals surface area contributed by atoms with E-state index in [2.05, 4.69) is 15.0 Å². The molecule has 4 rings (SSSR count). The van der Waals surface area contributed by atoms with Crippen molar-refractivity contribution in [2.24, 2.45) is 0 Å². The number of pyridine rings is 1. The van der Waals surface area contributed by atoms with Gasteiger partial charge in [0, 0.05) is 25.0 Å². The summed E-state index contributed by atoms with van der Waals surface area (Å²) in [6.45, 7) is 4.97. The molecular formula is C19H21N5O2. The highest BCUT2D eigenvalue weighted by Crippen LogP contribution is 2.20. The minimum atomic E-state index is -0.0681. The van der Waals surface area contributed by atoms with E-state index in [4.69, 9.17) is 4.74 Å². The van der Waals surface area contributed by atoms with E-state index in [1.54, 1.807) is 12.3 Å². The number of amides is 1. The maximum Gasteiger partial charge on any atom is 0.272 e. The Morgan fingerprint density at radius 3 is 2.96 bits per heavy atom. The topological polar surface area (TPSA) is 72.6 Å². The van der Waals surface area contributed by atoms with Crippen molar-refractivity contribution < 1.29 is 9.53 Å². The number of nitrogens with zero attached hydrogens (tertiary/aromatic N) is 5. The molecule has 3 aromatic rings. The van der Waals surface area contributed by atoms with Crippen molar-refractivity contribution in [1.29, 1.82) is 0 Å². The van der Waals surface area contributed by atoms with E-state index < -0.39 is 0 Å². The van der Waals surface area contributed by atoms with Gasteiger partial charge >= 0.3 is 0 Å². The van der Waals surface area contributed by atoms with Gasteiger partial charge in [0.25, 0.3) is 5.91 Å². The Bertz CT molecular complexity index is 952. The van der Waals surface area contributed by atoms with Crippen LogP contribution in [0.1, 0.15) is 34.8 Å². The molecule has 1 unspecified atom stereocenters. The number of piperidine rings is 1. The Morgan fingerprint density at radius 1 is 1.23 bits per heavy atom. The van der Waals surface area contributed by atoms with E-state index in [9.17, 15) is 4.79 Å². The Balaban J connectivity index is 1.53. The van der Waals surface area contributed by atoms with Crippen LogP contribution in [0.4, 0.5) is 0 Å². The zero-order chi connectivity index (χ0) is 18.1. The molecule has 1 saturated heterocycles. The molecule has 1 amide bonds. The summed E-state index contributed by atoms with van der Waals surface area (Å²) in [5.41, 5.74) is 2.16. The molecule has 134 valence electrons. The van der Waals surface area contributed by atoms with Crippen molar-refractivity contribution in [2.45, 2.75) is 32.8 Å². The van der Waals surface area contributed by atoms with Crippen molar-refractivity contribution in [3.8, 4) is 5.88 Å². The number of fused-ring (bicyclic) bond motifs is 1. The molecule has 7 nitrogen and oxygen atoms in total. The quantitative estimate of drug-likeness (QED) is 0.725. The second-order valence-electron chi connectivity index (χ2n) is 6.55. The average molecular weight is 351 g/mol. The highest BCUT2D eigenvalue weighted by Gasteiger charge is 2.28. The van der Waals surface area contributed by atoms with Crippen LogP contribution >= 0.6 is 0 Å². The number of rotatable bonds is 3. The molecule has 1 aliphatic rings. The smallest absolute Gasteiger partial charge is 0.272 e. The van der Waals surface area contributed by atoms with Gasteiger partial charge in [-0.1, -0.05) is 6.07 Å². The average Bonchev–Trinajstić information content (AvgIpc) is 2.97. The predicted octanol–water partition coefficient (Wildman–Crippen LogP) is 2.42. The summed E-state index contributed by atoms with van der Waals surface area (Å²) in [6.07, 6.45) is 5.30. The first kappa shape index (κ1) is 16.5. The van der Waals surface area contributed by atoms with Gasteiger partial charge in [0.2, 0.25) is 5.88 Å². The summed E-state index contributed by atoms with van der Waals surface area (Å²) in [5, 5.41) is 0. The number of likely N-dealkylation sites (tertiary alicyclic amines) is 1. The van der Waals surface area contributed by atoms with Crippen LogP contribution in [0, 0.1) is 13.8 Å². The highest BCUT2D eigenvalue weighted by molar-refractivity contribution is 5.94. The minimum Gasteiger partial charge on any atom is -0.472 e. The number of carbonyl (C=O) groups is 1. The Kier molecular flexibility index (Phi) is 4.28. The normalized spacial score (nSPS) is 17.5. The second-order valence-corrected chi connectivity index (χ2v) is 6.55. The van der Waals surface area contributed by atoms with Crippen LogP contribution in [0.25, 0.3) is 5.65 Å². The molecule has 0 spiro atoms. The standard InChI is InChI=1S/C19H21N5O2/c1-13-18(24-11-4-3-7-16(24)21-13)19(25)23-10-5-6-15(12-23)26-17-8-9-20-14(2)22-17/h3-4,7-9,11,15H,5-6,10,12H2,1-2H3. The van der Waals surface area contributed by atoms with E-state index in [1.807, 2.05) is 47.5 Å². The van der Waals surface area contributed by atoms with Crippen LogP contribution in [-0.4, -0.2) is 49.4 Å². The van der Waals surface area contributed by atoms with Gasteiger partial charge in [-0.25, -0.2) is 9.97 Å². The highest BCUT2D eigenvalue weighted by atomic mass is 16.5. The number of imidazole rings is 1. The largest absolute Gasteiger partial charge is 0.472 e. The number of hydrogen-bond acceptors (Lipinski definition) is 5. The second kappa shape index (κ2) is 6.74. The molecule has 0 bridgehead atoms. The molecule has 0 saturated carbocycles. The van der Waals surface area contributed by atoms with Crippen molar-refractivity contribution in [3.05, 3.63) is 53.9 Å². The van der Waals surface area contributed by atoms with Gasteiger partial charge in [-0.15, -0.1) is 0 Å². The van der Waals surface area contributed by atoms with Crippen molar-refractivity contribution in [2.75, 3.05) is 13.1 Å². The molecule has 4 heterocycles. The summed E-state index contributed by atoms with van der Waals surface area (Å²) in [5.74, 6) is 1.23. The lowest BCUT2D eigenvalue weighted by Gasteiger charge is -2.32. The third-order valence-electron chi connectivity index (χ3n) is 4.61. The van der Waals surface area contributed by atoms with Gasteiger partial charge < -0.3 is 9.64 Å². The molecule has 0 radical (unpaired) electrons. The van der Waals surface area contributed by atoms with E-state index in [1.165, 1.54) is 0 Å². The SMILES string of the molecule is Cc1nccc(OC2CCCN(C(=O)c3c(C)nc4ccccn34)C2)n1. The molecule has 0 N–H and O–H groups in total. The monoisotopic (exact) mass is 351 g/mol. The molecule has 1 atom stereocenters. The molecule has 1 aliphatic heterocycles. The molecule has 7 heteroatoms. The van der Waals surface area contributed by atoms with Crippen LogP contribution in [-0.2, 0) is 0 Å². The number of carbonyl (C=O) groups excluding carboxylic acids is 1. The number of ether oxygens (including phenoxy) is 1. The van der Waals surface area contributed by atoms with Crippen LogP contribution in [0.2, 0.25) is 0 Å². The molecule has 3 aromatic heterocycles. The van der Waals surface area contributed by atoms with Crippen molar-refractivity contribution in [3.63, 3.8) is 0 Å². The van der Waals surface area contributed by atoms with Gasteiger partial charge in [0.15, 0.2) is 0 Å². The van der Waals surface area contributed by atoms with Crippen LogP contribution in [0.15, 0.2) is 36.7 Å². The van der Waals surface area contributed by atoms with Gasteiger partial charge in [-0.2, -0.15) is 4.98 Å². The van der Waals surface area contributed by atoms with Crippen molar-refractivity contribution in [1.82, 2.24) is 24.3 Å². The maximum atomic E-state index is 13.1. The Morgan fingerprint density at radius 2 is 2.12 bits per heavy atom. The van der Waals surface area contributed by atoms with Crippen LogP contribution in [0.5, 0.6) is 5.88 Å². The zero-order valence-electron chi connectivity index (χ0n) is 14.9. The van der Waals surface area contributed by atoms with E-state index >= 15 is 0 Å². The van der Waals surface area contributed by atoms with Crippen molar-refractivity contribution >= 4 is 11.6 Å². The van der Waals surface area contributed by atoms with E-state index in [0.29, 0.717) is 23.9 Å². The summed E-state index contributed by atoms with van der Waals surface area (Å²) >= 11 is 0. The van der Waals surface area contributed by atoms with Crippen LogP contribution in [0.3, 0.4) is 0 Å². The number of aryl methyl sites for hydroxylation is 2. The fourth-order valence-electron chi connectivity index (χ4n) is 3.41. The first-order valence-corrected chi connectivity index (χ1v) is 8.81. The summed E-state index contributed by atoms with van der Waals surface area (Å²) < 4.78 is 7.84. The lowest BCUT2D eigenvalue weighted by Crippen LogP contribution is -2.45.